The van der Waals surface area contributed by atoms with Gasteiger partial charge in [0.25, 0.3) is 0 Å². The van der Waals surface area contributed by atoms with Crippen molar-refractivity contribution in [1.82, 2.24) is 9.97 Å². The number of anilines is 2. The van der Waals surface area contributed by atoms with Crippen LogP contribution >= 0.6 is 0 Å². The molecule has 0 spiro atoms. The van der Waals surface area contributed by atoms with E-state index < -0.39 is 6.10 Å². The van der Waals surface area contributed by atoms with E-state index in [0.29, 0.717) is 24.5 Å². The number of piperidine rings is 1. The van der Waals surface area contributed by atoms with Crippen LogP contribution in [0, 0.1) is 17.6 Å². The Hall–Kier alpha value is -3.84. The number of aliphatic hydroxyl groups is 1. The van der Waals surface area contributed by atoms with Gasteiger partial charge in [-0.1, -0.05) is 48.5 Å². The second-order valence-electron chi connectivity index (χ2n) is 8.86. The molecule has 1 fully saturated rings. The van der Waals surface area contributed by atoms with Crippen LogP contribution in [0.5, 0.6) is 0 Å². The first-order valence-corrected chi connectivity index (χ1v) is 11.6. The van der Waals surface area contributed by atoms with Gasteiger partial charge in [-0.25, -0.2) is 18.7 Å². The molecule has 0 bridgehead atoms. The molecule has 4 aromatic rings. The van der Waals surface area contributed by atoms with Gasteiger partial charge in [-0.3, -0.25) is 0 Å². The Bertz CT molecular complexity index is 1290. The molecule has 2 heterocycles. The van der Waals surface area contributed by atoms with Gasteiger partial charge in [0.15, 0.2) is 0 Å². The number of benzene rings is 3. The van der Waals surface area contributed by atoms with Crippen LogP contribution in [-0.2, 0) is 0 Å². The van der Waals surface area contributed by atoms with Crippen LogP contribution in [0.25, 0.3) is 22.3 Å². The van der Waals surface area contributed by atoms with Gasteiger partial charge in [0.1, 0.15) is 29.6 Å². The smallest absolute Gasteiger partial charge is 0.142 e. The fourth-order valence-electron chi connectivity index (χ4n) is 4.74. The van der Waals surface area contributed by atoms with Gasteiger partial charge >= 0.3 is 0 Å². The SMILES string of the molecule is Nc1ncnc(N2CCC(C(O)c3ccc(-c4ccc(F)cc4)cc3)CC2)c1-c1ccc(F)cc1. The highest BCUT2D eigenvalue weighted by Crippen LogP contribution is 2.37. The van der Waals surface area contributed by atoms with Crippen LogP contribution in [0.1, 0.15) is 24.5 Å². The van der Waals surface area contributed by atoms with E-state index in [2.05, 4.69) is 14.9 Å². The van der Waals surface area contributed by atoms with Crippen molar-refractivity contribution < 1.29 is 13.9 Å². The summed E-state index contributed by atoms with van der Waals surface area (Å²) in [6, 6.07) is 20.3. The molecule has 1 aliphatic heterocycles. The average Bonchev–Trinajstić information content (AvgIpc) is 2.89. The van der Waals surface area contributed by atoms with Gasteiger partial charge in [0.05, 0.1) is 11.7 Å². The van der Waals surface area contributed by atoms with Crippen LogP contribution in [0.2, 0.25) is 0 Å². The molecule has 0 radical (unpaired) electrons. The third-order valence-corrected chi connectivity index (χ3v) is 6.70. The minimum absolute atomic E-state index is 0.108. The minimum atomic E-state index is -0.577. The van der Waals surface area contributed by atoms with Crippen LogP contribution < -0.4 is 10.6 Å². The van der Waals surface area contributed by atoms with Gasteiger partial charge in [-0.2, -0.15) is 0 Å². The van der Waals surface area contributed by atoms with Crippen LogP contribution in [0.3, 0.4) is 0 Å². The first-order chi connectivity index (χ1) is 17.0. The molecule has 1 atom stereocenters. The highest BCUT2D eigenvalue weighted by molar-refractivity contribution is 5.84. The lowest BCUT2D eigenvalue weighted by molar-refractivity contribution is 0.0929. The summed E-state index contributed by atoms with van der Waals surface area (Å²) in [6.45, 7) is 1.42. The number of nitrogens with two attached hydrogens (primary N) is 1. The molecule has 3 N–H and O–H groups in total. The monoisotopic (exact) mass is 472 g/mol. The summed E-state index contributed by atoms with van der Waals surface area (Å²) in [5.41, 5.74) is 10.4. The number of halogens is 2. The standard InChI is InChI=1S/C28H26F2N4O/c29-23-9-5-19(6-10-23)18-1-3-21(4-2-18)26(35)22-13-15-34(16-14-22)28-25(27(31)32-17-33-28)20-7-11-24(30)12-8-20/h1-12,17,22,26,35H,13-16H2,(H2,31,32,33). The maximum atomic E-state index is 13.4. The Kier molecular flexibility index (Phi) is 6.42. The van der Waals surface area contributed by atoms with Gasteiger partial charge in [-0.05, 0) is 65.3 Å². The van der Waals surface area contributed by atoms with Crippen LogP contribution in [0.4, 0.5) is 20.4 Å². The molecule has 178 valence electrons. The van der Waals surface area contributed by atoms with Gasteiger partial charge in [0.2, 0.25) is 0 Å². The largest absolute Gasteiger partial charge is 0.388 e. The zero-order valence-electron chi connectivity index (χ0n) is 19.1. The average molecular weight is 473 g/mol. The Morgan fingerprint density at radius 1 is 0.771 bits per heavy atom. The second kappa shape index (κ2) is 9.80. The number of hydrogen-bond donors (Lipinski definition) is 2. The van der Waals surface area contributed by atoms with Crippen molar-refractivity contribution in [2.24, 2.45) is 5.92 Å². The molecule has 0 saturated carbocycles. The maximum Gasteiger partial charge on any atom is 0.142 e. The summed E-state index contributed by atoms with van der Waals surface area (Å²) >= 11 is 0. The molecule has 1 saturated heterocycles. The molecule has 0 amide bonds. The lowest BCUT2D eigenvalue weighted by Crippen LogP contribution is -2.36. The lowest BCUT2D eigenvalue weighted by Gasteiger charge is -2.36. The fraction of sp³-hybridized carbons (Fsp3) is 0.214. The van der Waals surface area contributed by atoms with E-state index in [1.807, 2.05) is 24.3 Å². The zero-order valence-corrected chi connectivity index (χ0v) is 19.1. The summed E-state index contributed by atoms with van der Waals surface area (Å²) in [4.78, 5) is 10.8. The number of rotatable bonds is 5. The van der Waals surface area contributed by atoms with Crippen LogP contribution in [0.15, 0.2) is 79.1 Å². The minimum Gasteiger partial charge on any atom is -0.388 e. The molecule has 0 aliphatic carbocycles. The van der Waals surface area contributed by atoms with Gasteiger partial charge in [0, 0.05) is 13.1 Å². The Morgan fingerprint density at radius 3 is 1.86 bits per heavy atom. The van der Waals surface area contributed by atoms with Crippen molar-refractivity contribution in [3.05, 3.63) is 96.3 Å². The number of hydrogen-bond acceptors (Lipinski definition) is 5. The van der Waals surface area contributed by atoms with Crippen molar-refractivity contribution in [3.8, 4) is 22.3 Å². The van der Waals surface area contributed by atoms with Crippen molar-refractivity contribution in [2.45, 2.75) is 18.9 Å². The predicted molar refractivity (Wildman–Crippen MR) is 134 cm³/mol. The van der Waals surface area contributed by atoms with Gasteiger partial charge in [-0.15, -0.1) is 0 Å². The van der Waals surface area contributed by atoms with E-state index in [1.165, 1.54) is 30.6 Å². The number of aliphatic hydroxyl groups excluding tert-OH is 1. The highest BCUT2D eigenvalue weighted by Gasteiger charge is 2.28. The van der Waals surface area contributed by atoms with Gasteiger partial charge < -0.3 is 15.7 Å². The maximum absolute atomic E-state index is 13.4. The van der Waals surface area contributed by atoms with E-state index in [0.717, 1.165) is 40.9 Å². The van der Waals surface area contributed by atoms with Crippen molar-refractivity contribution >= 4 is 11.6 Å². The van der Waals surface area contributed by atoms with E-state index in [-0.39, 0.29) is 17.6 Å². The number of aromatic nitrogens is 2. The third kappa shape index (κ3) is 4.86. The molecular weight excluding hydrogens is 446 g/mol. The topological polar surface area (TPSA) is 75.3 Å². The van der Waals surface area contributed by atoms with Crippen molar-refractivity contribution in [1.29, 1.82) is 0 Å². The number of nitrogen functional groups attached to an aromatic ring is 1. The summed E-state index contributed by atoms with van der Waals surface area (Å²) in [6.07, 6.45) is 2.44. The summed E-state index contributed by atoms with van der Waals surface area (Å²) in [7, 11) is 0. The molecule has 1 unspecified atom stereocenters. The van der Waals surface area contributed by atoms with Crippen LogP contribution in [-0.4, -0.2) is 28.2 Å². The second-order valence-corrected chi connectivity index (χ2v) is 8.86. The van der Waals surface area contributed by atoms with Crippen molar-refractivity contribution in [3.63, 3.8) is 0 Å². The number of nitrogens with zero attached hydrogens (tertiary/aromatic N) is 3. The summed E-state index contributed by atoms with van der Waals surface area (Å²) in [5.74, 6) is 0.606. The predicted octanol–water partition coefficient (Wildman–Crippen LogP) is 5.62. The first kappa shape index (κ1) is 22.9. The molecule has 35 heavy (non-hydrogen) atoms. The molecule has 1 aromatic heterocycles. The van der Waals surface area contributed by atoms with E-state index in [1.54, 1.807) is 24.3 Å². The third-order valence-electron chi connectivity index (χ3n) is 6.70. The first-order valence-electron chi connectivity index (χ1n) is 11.6. The lowest BCUT2D eigenvalue weighted by atomic mass is 9.86. The van der Waals surface area contributed by atoms with Crippen molar-refractivity contribution in [2.75, 3.05) is 23.7 Å². The summed E-state index contributed by atoms with van der Waals surface area (Å²) in [5, 5.41) is 11.1. The van der Waals surface area contributed by atoms with E-state index >= 15 is 0 Å². The molecule has 3 aromatic carbocycles. The molecule has 5 rings (SSSR count). The highest BCUT2D eigenvalue weighted by atomic mass is 19.1. The normalized spacial score (nSPS) is 15.2. The Morgan fingerprint density at radius 2 is 1.29 bits per heavy atom. The molecular formula is C28H26F2N4O. The zero-order chi connectivity index (χ0) is 24.4. The molecule has 1 aliphatic rings. The molecule has 5 nitrogen and oxygen atoms in total. The summed E-state index contributed by atoms with van der Waals surface area (Å²) < 4.78 is 26.6. The quantitative estimate of drug-likeness (QED) is 0.394. The Balaban J connectivity index is 1.28. The van der Waals surface area contributed by atoms with E-state index in [9.17, 15) is 13.9 Å². The molecule has 7 heteroatoms. The van der Waals surface area contributed by atoms with E-state index in [4.69, 9.17) is 5.73 Å². The Labute approximate surface area is 202 Å². The fourth-order valence-corrected chi connectivity index (χ4v) is 4.74.